The third kappa shape index (κ3) is 4.47. The van der Waals surface area contributed by atoms with Crippen LogP contribution >= 0.6 is 0 Å². The van der Waals surface area contributed by atoms with E-state index in [1.807, 2.05) is 6.92 Å². The lowest BCUT2D eigenvalue weighted by Crippen LogP contribution is -2.43. The molecule has 0 saturated heterocycles. The van der Waals surface area contributed by atoms with E-state index >= 15 is 0 Å². The van der Waals surface area contributed by atoms with Crippen molar-refractivity contribution in [1.82, 2.24) is 0 Å². The highest BCUT2D eigenvalue weighted by atomic mass is 16.6. The Morgan fingerprint density at radius 2 is 1.67 bits per heavy atom. The van der Waals surface area contributed by atoms with E-state index < -0.39 is 0 Å². The molecule has 1 rings (SSSR count). The van der Waals surface area contributed by atoms with Crippen LogP contribution in [0.25, 0.3) is 0 Å². The first kappa shape index (κ1) is 15.3. The number of benzene rings is 1. The molecule has 0 amide bonds. The lowest BCUT2D eigenvalue weighted by molar-refractivity contribution is 0.0706. The van der Waals surface area contributed by atoms with Crippen LogP contribution in [0.15, 0.2) is 24.3 Å². The fourth-order valence-corrected chi connectivity index (χ4v) is 1.63. The van der Waals surface area contributed by atoms with Gasteiger partial charge in [0.2, 0.25) is 0 Å². The van der Waals surface area contributed by atoms with Gasteiger partial charge in [-0.1, -0.05) is 38.1 Å². The minimum atomic E-state index is -0.268. The van der Waals surface area contributed by atoms with E-state index in [-0.39, 0.29) is 12.7 Å². The molecule has 18 heavy (non-hydrogen) atoms. The van der Waals surface area contributed by atoms with Crippen molar-refractivity contribution < 1.29 is 9.31 Å². The van der Waals surface area contributed by atoms with Gasteiger partial charge in [-0.2, -0.15) is 0 Å². The largest absolute Gasteiger partial charge is 0.494 e. The maximum Gasteiger partial charge on any atom is 0.494 e. The summed E-state index contributed by atoms with van der Waals surface area (Å²) in [5.41, 5.74) is 2.27. The summed E-state index contributed by atoms with van der Waals surface area (Å²) in [6.45, 7) is 11.1. The second kappa shape index (κ2) is 6.96. The Morgan fingerprint density at radius 1 is 1.06 bits per heavy atom. The van der Waals surface area contributed by atoms with Gasteiger partial charge in [-0.3, -0.25) is 0 Å². The molecule has 2 nitrogen and oxygen atoms in total. The van der Waals surface area contributed by atoms with Crippen LogP contribution < -0.4 is 5.46 Å². The summed E-state index contributed by atoms with van der Waals surface area (Å²) in [6, 6.07) is 8.49. The summed E-state index contributed by atoms with van der Waals surface area (Å²) in [5, 5.41) is 0. The maximum absolute atomic E-state index is 6.06. The highest BCUT2D eigenvalue weighted by Crippen LogP contribution is 2.15. The lowest BCUT2D eigenvalue weighted by Gasteiger charge is -2.28. The molecule has 0 atom stereocenters. The van der Waals surface area contributed by atoms with Crippen LogP contribution in [0.3, 0.4) is 0 Å². The van der Waals surface area contributed by atoms with Gasteiger partial charge in [-0.25, -0.2) is 0 Å². The van der Waals surface area contributed by atoms with Gasteiger partial charge in [-0.05, 0) is 44.6 Å². The average molecular weight is 248 g/mol. The molecule has 1 aromatic carbocycles. The molecule has 0 heterocycles. The molecule has 0 aliphatic rings. The maximum atomic E-state index is 6.06. The van der Waals surface area contributed by atoms with Crippen molar-refractivity contribution >= 4 is 12.6 Å². The Kier molecular flexibility index (Phi) is 5.90. The molecule has 0 fully saturated rings. The first-order valence-electron chi connectivity index (χ1n) is 6.90. The molecule has 0 aromatic heterocycles. The van der Waals surface area contributed by atoms with E-state index in [9.17, 15) is 0 Å². The minimum absolute atomic E-state index is 0.163. The van der Waals surface area contributed by atoms with Crippen molar-refractivity contribution in [2.45, 2.75) is 53.1 Å². The van der Waals surface area contributed by atoms with Gasteiger partial charge in [0, 0.05) is 12.2 Å². The van der Waals surface area contributed by atoms with Crippen LogP contribution in [0.5, 0.6) is 0 Å². The summed E-state index contributed by atoms with van der Waals surface area (Å²) in [4.78, 5) is 0. The molecular weight excluding hydrogens is 223 g/mol. The van der Waals surface area contributed by atoms with Crippen molar-refractivity contribution in [2.75, 3.05) is 6.61 Å². The zero-order valence-electron chi connectivity index (χ0n) is 12.3. The van der Waals surface area contributed by atoms with Gasteiger partial charge in [-0.15, -0.1) is 0 Å². The fraction of sp³-hybridized carbons (Fsp3) is 0.600. The standard InChI is InChI=1S/C15H25BO2/c1-6-13-9-11-14(12-10-13)16(17-8-3)18-15(4,5)7-2/h9-12H,6-8H2,1-5H3. The summed E-state index contributed by atoms with van der Waals surface area (Å²) < 4.78 is 11.8. The van der Waals surface area contributed by atoms with Crippen LogP contribution in [0.1, 0.15) is 46.6 Å². The number of aryl methyl sites for hydroxylation is 1. The number of hydrogen-bond donors (Lipinski definition) is 0. The van der Waals surface area contributed by atoms with Crippen molar-refractivity contribution in [3.05, 3.63) is 29.8 Å². The minimum Gasteiger partial charge on any atom is -0.408 e. The van der Waals surface area contributed by atoms with Crippen molar-refractivity contribution in [2.24, 2.45) is 0 Å². The van der Waals surface area contributed by atoms with E-state index in [0.29, 0.717) is 6.61 Å². The molecule has 0 aliphatic heterocycles. The Hall–Kier alpha value is -0.795. The third-order valence-corrected chi connectivity index (χ3v) is 3.26. The predicted molar refractivity (Wildman–Crippen MR) is 78.3 cm³/mol. The van der Waals surface area contributed by atoms with E-state index in [2.05, 4.69) is 52.0 Å². The Bertz CT molecular complexity index is 346. The number of rotatable bonds is 7. The third-order valence-electron chi connectivity index (χ3n) is 3.26. The summed E-state index contributed by atoms with van der Waals surface area (Å²) in [6.07, 6.45) is 2.02. The lowest BCUT2D eigenvalue weighted by atomic mass is 9.77. The van der Waals surface area contributed by atoms with Gasteiger partial charge in [0.05, 0.1) is 0 Å². The fourth-order valence-electron chi connectivity index (χ4n) is 1.63. The molecule has 0 saturated carbocycles. The normalized spacial score (nSPS) is 11.6. The number of hydrogen-bond acceptors (Lipinski definition) is 2. The van der Waals surface area contributed by atoms with Gasteiger partial charge in [0.25, 0.3) is 0 Å². The van der Waals surface area contributed by atoms with Gasteiger partial charge in [0.1, 0.15) is 0 Å². The summed E-state index contributed by atoms with van der Waals surface area (Å²) in [7, 11) is -0.268. The summed E-state index contributed by atoms with van der Waals surface area (Å²) >= 11 is 0. The van der Waals surface area contributed by atoms with Gasteiger partial charge >= 0.3 is 7.12 Å². The average Bonchev–Trinajstić information content (AvgIpc) is 2.38. The Morgan fingerprint density at radius 3 is 2.11 bits per heavy atom. The predicted octanol–water partition coefficient (Wildman–Crippen LogP) is 3.19. The van der Waals surface area contributed by atoms with Gasteiger partial charge < -0.3 is 9.31 Å². The second-order valence-electron chi connectivity index (χ2n) is 5.11. The van der Waals surface area contributed by atoms with Crippen LogP contribution in [-0.4, -0.2) is 19.3 Å². The Balaban J connectivity index is 2.82. The first-order chi connectivity index (χ1) is 8.52. The molecule has 0 unspecified atom stereocenters. The van der Waals surface area contributed by atoms with Crippen LogP contribution in [0, 0.1) is 0 Å². The van der Waals surface area contributed by atoms with Crippen LogP contribution in [0.2, 0.25) is 0 Å². The molecule has 1 aromatic rings. The molecule has 3 heteroatoms. The monoisotopic (exact) mass is 248 g/mol. The second-order valence-corrected chi connectivity index (χ2v) is 5.11. The van der Waals surface area contributed by atoms with E-state index in [4.69, 9.17) is 9.31 Å². The SMILES string of the molecule is CCOB(OC(C)(C)CC)c1ccc(CC)cc1. The highest BCUT2D eigenvalue weighted by molar-refractivity contribution is 6.61. The Labute approximate surface area is 112 Å². The molecule has 0 radical (unpaired) electrons. The van der Waals surface area contributed by atoms with Crippen molar-refractivity contribution in [3.8, 4) is 0 Å². The topological polar surface area (TPSA) is 18.5 Å². The zero-order chi connectivity index (χ0) is 13.6. The van der Waals surface area contributed by atoms with Crippen molar-refractivity contribution in [3.63, 3.8) is 0 Å². The highest BCUT2D eigenvalue weighted by Gasteiger charge is 2.28. The van der Waals surface area contributed by atoms with Crippen LogP contribution in [0.4, 0.5) is 0 Å². The quantitative estimate of drug-likeness (QED) is 0.690. The molecular formula is C15H25BO2. The zero-order valence-corrected chi connectivity index (χ0v) is 12.3. The molecule has 0 aliphatic carbocycles. The van der Waals surface area contributed by atoms with Crippen molar-refractivity contribution in [1.29, 1.82) is 0 Å². The van der Waals surface area contributed by atoms with Gasteiger partial charge in [0.15, 0.2) is 0 Å². The van der Waals surface area contributed by atoms with E-state index in [1.165, 1.54) is 5.56 Å². The molecule has 0 N–H and O–H groups in total. The van der Waals surface area contributed by atoms with Crippen LogP contribution in [-0.2, 0) is 15.7 Å². The summed E-state index contributed by atoms with van der Waals surface area (Å²) in [5.74, 6) is 0. The molecule has 100 valence electrons. The van der Waals surface area contributed by atoms with E-state index in [0.717, 1.165) is 18.3 Å². The first-order valence-corrected chi connectivity index (χ1v) is 6.90. The molecule has 0 spiro atoms. The van der Waals surface area contributed by atoms with E-state index in [1.54, 1.807) is 0 Å². The smallest absolute Gasteiger partial charge is 0.408 e. The molecule has 0 bridgehead atoms.